The molecule has 1 aliphatic heterocycles. The van der Waals surface area contributed by atoms with Gasteiger partial charge in [-0.3, -0.25) is 4.79 Å². The molecule has 0 bridgehead atoms. The normalized spacial score (nSPS) is 22.8. The monoisotopic (exact) mass is 354 g/mol. The molecule has 0 atom stereocenters. The molecule has 4 rings (SSSR count). The SMILES string of the molecule is O=C(NC1CCN(CC2CCCCC2)CC1)c1ccc2c(c1)CCCC2. The lowest BCUT2D eigenvalue weighted by Crippen LogP contribution is -2.46. The Bertz CT molecular complexity index is 613. The van der Waals surface area contributed by atoms with Crippen LogP contribution in [0.2, 0.25) is 0 Å². The first-order chi connectivity index (χ1) is 12.8. The third-order valence-electron chi connectivity index (χ3n) is 6.77. The highest BCUT2D eigenvalue weighted by atomic mass is 16.1. The van der Waals surface area contributed by atoms with E-state index in [1.807, 2.05) is 6.07 Å². The summed E-state index contributed by atoms with van der Waals surface area (Å²) in [5, 5.41) is 3.30. The van der Waals surface area contributed by atoms with Crippen molar-refractivity contribution in [3.63, 3.8) is 0 Å². The predicted molar refractivity (Wildman–Crippen MR) is 107 cm³/mol. The minimum atomic E-state index is 0.129. The average Bonchev–Trinajstić information content (AvgIpc) is 2.70. The van der Waals surface area contributed by atoms with Crippen LogP contribution >= 0.6 is 0 Å². The van der Waals surface area contributed by atoms with Gasteiger partial charge < -0.3 is 10.2 Å². The minimum absolute atomic E-state index is 0.129. The van der Waals surface area contributed by atoms with E-state index in [9.17, 15) is 4.79 Å². The Balaban J connectivity index is 1.25. The molecule has 2 aliphatic carbocycles. The fraction of sp³-hybridized carbons (Fsp3) is 0.696. The molecule has 1 amide bonds. The van der Waals surface area contributed by atoms with E-state index < -0.39 is 0 Å². The van der Waals surface area contributed by atoms with E-state index >= 15 is 0 Å². The number of carbonyl (C=O) groups excluding carboxylic acids is 1. The maximum Gasteiger partial charge on any atom is 0.251 e. The lowest BCUT2D eigenvalue weighted by molar-refractivity contribution is 0.0901. The van der Waals surface area contributed by atoms with E-state index in [0.29, 0.717) is 6.04 Å². The van der Waals surface area contributed by atoms with E-state index in [1.54, 1.807) is 0 Å². The summed E-state index contributed by atoms with van der Waals surface area (Å²) in [6, 6.07) is 6.69. The number of carbonyl (C=O) groups is 1. The summed E-state index contributed by atoms with van der Waals surface area (Å²) < 4.78 is 0. The highest BCUT2D eigenvalue weighted by molar-refractivity contribution is 5.94. The summed E-state index contributed by atoms with van der Waals surface area (Å²) in [6.07, 6.45) is 14.2. The smallest absolute Gasteiger partial charge is 0.251 e. The third kappa shape index (κ3) is 4.49. The number of hydrogen-bond acceptors (Lipinski definition) is 2. The summed E-state index contributed by atoms with van der Waals surface area (Å²) in [5.41, 5.74) is 3.70. The standard InChI is InChI=1S/C23H34N2O/c26-23(21-11-10-19-8-4-5-9-20(19)16-21)24-22-12-14-25(15-13-22)17-18-6-2-1-3-7-18/h10-11,16,18,22H,1-9,12-15,17H2,(H,24,26). The van der Waals surface area contributed by atoms with Crippen molar-refractivity contribution in [3.05, 3.63) is 34.9 Å². The number of amides is 1. The number of benzene rings is 1. The average molecular weight is 355 g/mol. The lowest BCUT2D eigenvalue weighted by Gasteiger charge is -2.35. The van der Waals surface area contributed by atoms with Crippen molar-refractivity contribution in [2.24, 2.45) is 5.92 Å². The molecule has 3 aliphatic rings. The molecule has 1 saturated carbocycles. The van der Waals surface area contributed by atoms with E-state index in [-0.39, 0.29) is 5.91 Å². The second-order valence-corrected chi connectivity index (χ2v) is 8.74. The van der Waals surface area contributed by atoms with Gasteiger partial charge in [-0.2, -0.15) is 0 Å². The summed E-state index contributed by atoms with van der Waals surface area (Å²) in [7, 11) is 0. The van der Waals surface area contributed by atoms with Crippen molar-refractivity contribution in [3.8, 4) is 0 Å². The van der Waals surface area contributed by atoms with Gasteiger partial charge in [0.1, 0.15) is 0 Å². The predicted octanol–water partition coefficient (Wildman–Crippen LogP) is 4.34. The molecular weight excluding hydrogens is 320 g/mol. The van der Waals surface area contributed by atoms with Crippen molar-refractivity contribution in [1.29, 1.82) is 0 Å². The van der Waals surface area contributed by atoms with Crippen molar-refractivity contribution >= 4 is 5.91 Å². The Morgan fingerprint density at radius 3 is 2.42 bits per heavy atom. The molecule has 1 saturated heterocycles. The number of piperidine rings is 1. The van der Waals surface area contributed by atoms with Crippen LogP contribution in [0.3, 0.4) is 0 Å². The van der Waals surface area contributed by atoms with Gasteiger partial charge in [-0.05, 0) is 80.5 Å². The van der Waals surface area contributed by atoms with Gasteiger partial charge in [-0.25, -0.2) is 0 Å². The zero-order chi connectivity index (χ0) is 17.8. The molecule has 0 aromatic heterocycles. The molecule has 3 nitrogen and oxygen atoms in total. The maximum absolute atomic E-state index is 12.7. The summed E-state index contributed by atoms with van der Waals surface area (Å²) >= 11 is 0. The number of aryl methyl sites for hydroxylation is 2. The fourth-order valence-corrected chi connectivity index (χ4v) is 5.14. The Morgan fingerprint density at radius 1 is 0.923 bits per heavy atom. The molecule has 1 N–H and O–H groups in total. The molecule has 1 aromatic rings. The Hall–Kier alpha value is -1.35. The van der Waals surface area contributed by atoms with Crippen molar-refractivity contribution in [2.45, 2.75) is 76.7 Å². The van der Waals surface area contributed by atoms with Crippen LogP contribution in [-0.2, 0) is 12.8 Å². The summed E-state index contributed by atoms with van der Waals surface area (Å²) in [6.45, 7) is 3.57. The molecule has 0 spiro atoms. The lowest BCUT2D eigenvalue weighted by atomic mass is 9.88. The van der Waals surface area contributed by atoms with Gasteiger partial charge in [0, 0.05) is 31.2 Å². The number of hydrogen-bond donors (Lipinski definition) is 1. The van der Waals surface area contributed by atoms with Crippen LogP contribution in [0.5, 0.6) is 0 Å². The van der Waals surface area contributed by atoms with Gasteiger partial charge in [0.2, 0.25) is 0 Å². The number of rotatable bonds is 4. The summed E-state index contributed by atoms with van der Waals surface area (Å²) in [4.78, 5) is 15.3. The largest absolute Gasteiger partial charge is 0.349 e. The number of fused-ring (bicyclic) bond motifs is 1. The van der Waals surface area contributed by atoms with E-state index in [1.165, 1.54) is 69.0 Å². The second-order valence-electron chi connectivity index (χ2n) is 8.74. The molecule has 1 heterocycles. The fourth-order valence-electron chi connectivity index (χ4n) is 5.14. The Labute approximate surface area is 158 Å². The van der Waals surface area contributed by atoms with Gasteiger partial charge >= 0.3 is 0 Å². The van der Waals surface area contributed by atoms with Crippen molar-refractivity contribution < 1.29 is 4.79 Å². The third-order valence-corrected chi connectivity index (χ3v) is 6.77. The zero-order valence-electron chi connectivity index (χ0n) is 16.1. The van der Waals surface area contributed by atoms with Crippen LogP contribution in [-0.4, -0.2) is 36.5 Å². The van der Waals surface area contributed by atoms with Crippen LogP contribution in [0.1, 0.15) is 79.3 Å². The first-order valence-corrected chi connectivity index (χ1v) is 10.9. The van der Waals surface area contributed by atoms with E-state index in [2.05, 4.69) is 22.3 Å². The van der Waals surface area contributed by atoms with Crippen LogP contribution in [0, 0.1) is 5.92 Å². The van der Waals surface area contributed by atoms with Gasteiger partial charge in [-0.1, -0.05) is 25.3 Å². The number of nitrogens with zero attached hydrogens (tertiary/aromatic N) is 1. The molecule has 142 valence electrons. The molecule has 3 heteroatoms. The van der Waals surface area contributed by atoms with Crippen molar-refractivity contribution in [1.82, 2.24) is 10.2 Å². The Morgan fingerprint density at radius 2 is 1.65 bits per heavy atom. The van der Waals surface area contributed by atoms with Gasteiger partial charge in [0.05, 0.1) is 0 Å². The van der Waals surface area contributed by atoms with Crippen molar-refractivity contribution in [2.75, 3.05) is 19.6 Å². The highest BCUT2D eigenvalue weighted by Gasteiger charge is 2.24. The Kier molecular flexibility index (Phi) is 5.94. The number of likely N-dealkylation sites (tertiary alicyclic amines) is 1. The van der Waals surface area contributed by atoms with Crippen LogP contribution in [0.25, 0.3) is 0 Å². The first kappa shape index (κ1) is 18.0. The van der Waals surface area contributed by atoms with Gasteiger partial charge in [0.25, 0.3) is 5.91 Å². The topological polar surface area (TPSA) is 32.3 Å². The number of nitrogens with one attached hydrogen (secondary N) is 1. The second kappa shape index (κ2) is 8.56. The van der Waals surface area contributed by atoms with Gasteiger partial charge in [0.15, 0.2) is 0 Å². The molecule has 1 aromatic carbocycles. The highest BCUT2D eigenvalue weighted by Crippen LogP contribution is 2.26. The van der Waals surface area contributed by atoms with E-state index in [0.717, 1.165) is 43.8 Å². The molecule has 26 heavy (non-hydrogen) atoms. The van der Waals surface area contributed by atoms with Crippen LogP contribution in [0.15, 0.2) is 18.2 Å². The quantitative estimate of drug-likeness (QED) is 0.872. The minimum Gasteiger partial charge on any atom is -0.349 e. The first-order valence-electron chi connectivity index (χ1n) is 10.9. The maximum atomic E-state index is 12.7. The van der Waals surface area contributed by atoms with E-state index in [4.69, 9.17) is 0 Å². The van der Waals surface area contributed by atoms with Crippen LogP contribution in [0.4, 0.5) is 0 Å². The summed E-state index contributed by atoms with van der Waals surface area (Å²) in [5.74, 6) is 1.05. The molecule has 0 unspecified atom stereocenters. The molecule has 2 fully saturated rings. The van der Waals surface area contributed by atoms with Gasteiger partial charge in [-0.15, -0.1) is 0 Å². The van der Waals surface area contributed by atoms with Crippen LogP contribution < -0.4 is 5.32 Å². The molecular formula is C23H34N2O. The zero-order valence-corrected chi connectivity index (χ0v) is 16.1. The molecule has 0 radical (unpaired) electrons.